The van der Waals surface area contributed by atoms with Gasteiger partial charge in [0, 0.05) is 23.9 Å². The normalized spacial score (nSPS) is 20.3. The second-order valence-electron chi connectivity index (χ2n) is 8.02. The molecule has 1 fully saturated rings. The molecule has 1 atom stereocenters. The minimum absolute atomic E-state index is 0.00821. The third-order valence-electron chi connectivity index (χ3n) is 5.45. The standard InChI is InChI=1S/C19H24ClN3O3S/c1-19(2,10-20)18(25)22-6-5-13-14(9-22)27-16-15(13)17(24)23(11-21-16)8-12-4-3-7-26-12/h11-12H,3-10H2,1-2H3/t12-/m0/s1. The van der Waals surface area contributed by atoms with Gasteiger partial charge in [0.25, 0.3) is 5.56 Å². The molecule has 0 N–H and O–H groups in total. The third kappa shape index (κ3) is 3.41. The molecule has 8 heteroatoms. The number of aromatic nitrogens is 2. The molecular formula is C19H24ClN3O3S. The number of carbonyl (C=O) groups is 1. The number of alkyl halides is 1. The van der Waals surface area contributed by atoms with E-state index >= 15 is 0 Å². The van der Waals surface area contributed by atoms with Gasteiger partial charge in [-0.2, -0.15) is 0 Å². The van der Waals surface area contributed by atoms with Crippen molar-refractivity contribution in [3.8, 4) is 0 Å². The molecule has 0 aromatic carbocycles. The fourth-order valence-corrected chi connectivity index (χ4v) is 5.12. The largest absolute Gasteiger partial charge is 0.376 e. The maximum atomic E-state index is 13.0. The summed E-state index contributed by atoms with van der Waals surface area (Å²) in [6.45, 7) is 6.20. The van der Waals surface area contributed by atoms with Gasteiger partial charge in [0.1, 0.15) is 4.83 Å². The molecule has 2 aliphatic heterocycles. The fraction of sp³-hybridized carbons (Fsp3) is 0.632. The molecule has 6 nitrogen and oxygen atoms in total. The monoisotopic (exact) mass is 409 g/mol. The molecule has 0 saturated carbocycles. The van der Waals surface area contributed by atoms with Crippen LogP contribution in [0.4, 0.5) is 0 Å². The van der Waals surface area contributed by atoms with Gasteiger partial charge in [-0.1, -0.05) is 0 Å². The van der Waals surface area contributed by atoms with Gasteiger partial charge < -0.3 is 9.64 Å². The second-order valence-corrected chi connectivity index (χ2v) is 9.37. The van der Waals surface area contributed by atoms with E-state index < -0.39 is 5.41 Å². The topological polar surface area (TPSA) is 64.4 Å². The number of amides is 1. The lowest BCUT2D eigenvalue weighted by molar-refractivity contribution is -0.140. The first-order chi connectivity index (χ1) is 12.9. The van der Waals surface area contributed by atoms with Crippen molar-refractivity contribution in [3.63, 3.8) is 0 Å². The van der Waals surface area contributed by atoms with Gasteiger partial charge >= 0.3 is 0 Å². The highest BCUT2D eigenvalue weighted by Crippen LogP contribution is 2.34. The van der Waals surface area contributed by atoms with Gasteiger partial charge in [0.15, 0.2) is 0 Å². The highest BCUT2D eigenvalue weighted by atomic mass is 35.5. The molecule has 0 radical (unpaired) electrons. The van der Waals surface area contributed by atoms with Gasteiger partial charge in [-0.3, -0.25) is 14.2 Å². The maximum Gasteiger partial charge on any atom is 0.262 e. The van der Waals surface area contributed by atoms with E-state index in [0.29, 0.717) is 26.1 Å². The molecular weight excluding hydrogens is 386 g/mol. The maximum absolute atomic E-state index is 13.0. The first-order valence-corrected chi connectivity index (χ1v) is 10.7. The van der Waals surface area contributed by atoms with Crippen molar-refractivity contribution >= 4 is 39.1 Å². The van der Waals surface area contributed by atoms with Gasteiger partial charge in [-0.25, -0.2) is 4.98 Å². The van der Waals surface area contributed by atoms with Crippen LogP contribution in [0.1, 0.15) is 37.1 Å². The lowest BCUT2D eigenvalue weighted by Gasteiger charge is -2.33. The van der Waals surface area contributed by atoms with Gasteiger partial charge in [-0.15, -0.1) is 22.9 Å². The van der Waals surface area contributed by atoms with Crippen molar-refractivity contribution in [1.29, 1.82) is 0 Å². The number of ether oxygens (including phenoxy) is 1. The predicted molar refractivity (Wildman–Crippen MR) is 106 cm³/mol. The van der Waals surface area contributed by atoms with Crippen LogP contribution in [0.2, 0.25) is 0 Å². The molecule has 0 unspecified atom stereocenters. The Morgan fingerprint density at radius 2 is 2.30 bits per heavy atom. The number of hydrogen-bond donors (Lipinski definition) is 0. The molecule has 2 aromatic rings. The Labute approximate surface area is 167 Å². The summed E-state index contributed by atoms with van der Waals surface area (Å²) in [5, 5.41) is 0.721. The summed E-state index contributed by atoms with van der Waals surface area (Å²) < 4.78 is 7.34. The van der Waals surface area contributed by atoms with Crippen LogP contribution in [-0.2, 0) is 29.0 Å². The molecule has 2 aliphatic rings. The molecule has 146 valence electrons. The summed E-state index contributed by atoms with van der Waals surface area (Å²) in [4.78, 5) is 34.0. The number of fused-ring (bicyclic) bond motifs is 3. The summed E-state index contributed by atoms with van der Waals surface area (Å²) in [7, 11) is 0. The third-order valence-corrected chi connectivity index (χ3v) is 7.24. The Morgan fingerprint density at radius 1 is 1.48 bits per heavy atom. The number of carbonyl (C=O) groups excluding carboxylic acids is 1. The van der Waals surface area contributed by atoms with Crippen molar-refractivity contribution in [3.05, 3.63) is 27.1 Å². The average molecular weight is 410 g/mol. The Morgan fingerprint density at radius 3 is 3.00 bits per heavy atom. The van der Waals surface area contributed by atoms with E-state index in [9.17, 15) is 9.59 Å². The highest BCUT2D eigenvalue weighted by Gasteiger charge is 2.34. The van der Waals surface area contributed by atoms with E-state index in [4.69, 9.17) is 16.3 Å². The number of hydrogen-bond acceptors (Lipinski definition) is 5. The average Bonchev–Trinajstić information content (AvgIpc) is 3.30. The zero-order valence-electron chi connectivity index (χ0n) is 15.7. The quantitative estimate of drug-likeness (QED) is 0.728. The summed E-state index contributed by atoms with van der Waals surface area (Å²) in [6.07, 6.45) is 4.45. The summed E-state index contributed by atoms with van der Waals surface area (Å²) in [5.41, 5.74) is 0.484. The smallest absolute Gasteiger partial charge is 0.262 e. The summed E-state index contributed by atoms with van der Waals surface area (Å²) in [5.74, 6) is 0.348. The number of rotatable bonds is 4. The van der Waals surface area contributed by atoms with Crippen LogP contribution in [0.5, 0.6) is 0 Å². The summed E-state index contributed by atoms with van der Waals surface area (Å²) >= 11 is 7.49. The number of nitrogens with zero attached hydrogens (tertiary/aromatic N) is 3. The second kappa shape index (κ2) is 7.18. The van der Waals surface area contributed by atoms with Crippen LogP contribution in [0, 0.1) is 5.41 Å². The molecule has 1 amide bonds. The van der Waals surface area contributed by atoms with E-state index in [-0.39, 0.29) is 23.5 Å². The summed E-state index contributed by atoms with van der Waals surface area (Å²) in [6, 6.07) is 0. The Bertz CT molecular complexity index is 930. The Hall–Kier alpha value is -1.44. The van der Waals surface area contributed by atoms with Gasteiger partial charge in [-0.05, 0) is 38.7 Å². The van der Waals surface area contributed by atoms with Crippen molar-refractivity contribution in [2.24, 2.45) is 5.41 Å². The lowest BCUT2D eigenvalue weighted by atomic mass is 9.93. The molecule has 1 saturated heterocycles. The first kappa shape index (κ1) is 18.9. The first-order valence-electron chi connectivity index (χ1n) is 9.37. The van der Waals surface area contributed by atoms with E-state index in [1.54, 1.807) is 10.9 Å². The minimum atomic E-state index is -0.581. The molecule has 0 bridgehead atoms. The molecule has 27 heavy (non-hydrogen) atoms. The number of halogens is 1. The van der Waals surface area contributed by atoms with Crippen LogP contribution < -0.4 is 5.56 Å². The zero-order valence-corrected chi connectivity index (χ0v) is 17.2. The predicted octanol–water partition coefficient (Wildman–Crippen LogP) is 2.79. The molecule has 4 heterocycles. The zero-order chi connectivity index (χ0) is 19.2. The van der Waals surface area contributed by atoms with Crippen LogP contribution in [-0.4, -0.2) is 45.5 Å². The van der Waals surface area contributed by atoms with Crippen LogP contribution >= 0.6 is 22.9 Å². The van der Waals surface area contributed by atoms with Crippen LogP contribution in [0.25, 0.3) is 10.2 Å². The van der Waals surface area contributed by atoms with E-state index in [2.05, 4.69) is 4.98 Å². The van der Waals surface area contributed by atoms with Crippen molar-refractivity contribution in [2.45, 2.75) is 52.3 Å². The van der Waals surface area contributed by atoms with Crippen LogP contribution in [0.3, 0.4) is 0 Å². The number of thiophene rings is 1. The molecule has 4 rings (SSSR count). The Balaban J connectivity index is 1.64. The van der Waals surface area contributed by atoms with Crippen molar-refractivity contribution < 1.29 is 9.53 Å². The molecule has 2 aromatic heterocycles. The molecule has 0 aliphatic carbocycles. The van der Waals surface area contributed by atoms with Gasteiger partial charge in [0.2, 0.25) is 5.91 Å². The van der Waals surface area contributed by atoms with Crippen molar-refractivity contribution in [1.82, 2.24) is 14.5 Å². The minimum Gasteiger partial charge on any atom is -0.376 e. The fourth-order valence-electron chi connectivity index (χ4n) is 3.82. The van der Waals surface area contributed by atoms with Gasteiger partial charge in [0.05, 0.1) is 36.3 Å². The van der Waals surface area contributed by atoms with Crippen LogP contribution in [0.15, 0.2) is 11.1 Å². The SMILES string of the molecule is CC(C)(CCl)C(=O)N1CCc2c(sc3ncn(C[C@@H]4CCCO4)c(=O)c23)C1. The van der Waals surface area contributed by atoms with E-state index in [1.165, 1.54) is 11.3 Å². The Kier molecular flexibility index (Phi) is 5.03. The van der Waals surface area contributed by atoms with Crippen molar-refractivity contribution in [2.75, 3.05) is 19.0 Å². The van der Waals surface area contributed by atoms with E-state index in [1.807, 2.05) is 18.7 Å². The lowest BCUT2D eigenvalue weighted by Crippen LogP contribution is -2.44. The van der Waals surface area contributed by atoms with E-state index in [0.717, 1.165) is 40.1 Å². The molecule has 0 spiro atoms. The highest BCUT2D eigenvalue weighted by molar-refractivity contribution is 7.18.